The van der Waals surface area contributed by atoms with Crippen molar-refractivity contribution in [2.75, 3.05) is 6.54 Å². The van der Waals surface area contributed by atoms with Crippen LogP contribution in [0.1, 0.15) is 39.2 Å². The summed E-state index contributed by atoms with van der Waals surface area (Å²) in [6.07, 6.45) is 1.72. The molecule has 0 aromatic heterocycles. The van der Waals surface area contributed by atoms with E-state index in [2.05, 4.69) is 5.32 Å². The number of sulfonamides is 1. The predicted octanol–water partition coefficient (Wildman–Crippen LogP) is 2.57. The Balaban J connectivity index is 2.82. The number of carbonyl (C=O) groups is 1. The topological polar surface area (TPSA) is 84.5 Å². The minimum Gasteiger partial charge on any atom is -0.491 e. The van der Waals surface area contributed by atoms with Crippen LogP contribution in [-0.4, -0.2) is 27.1 Å². The molecule has 124 valence electrons. The van der Waals surface area contributed by atoms with Gasteiger partial charge in [0.2, 0.25) is 0 Å². The maximum atomic E-state index is 12.2. The highest BCUT2D eigenvalue weighted by Gasteiger charge is 2.20. The Kier molecular flexibility index (Phi) is 6.67. The predicted molar refractivity (Wildman–Crippen MR) is 85.6 cm³/mol. The van der Waals surface area contributed by atoms with Gasteiger partial charge in [0.15, 0.2) is 0 Å². The molecule has 6 nitrogen and oxygen atoms in total. The second kappa shape index (κ2) is 8.03. The minimum absolute atomic E-state index is 0.00401. The third kappa shape index (κ3) is 5.55. The summed E-state index contributed by atoms with van der Waals surface area (Å²) in [4.78, 5) is 11.7. The Hall–Kier alpha value is -1.76. The number of hydrogen-bond acceptors (Lipinski definition) is 4. The van der Waals surface area contributed by atoms with Crippen molar-refractivity contribution in [3.05, 3.63) is 23.8 Å². The molecule has 7 heteroatoms. The normalized spacial score (nSPS) is 11.3. The maximum absolute atomic E-state index is 12.2. The molecule has 0 aliphatic rings. The summed E-state index contributed by atoms with van der Waals surface area (Å²) >= 11 is 0. The number of aryl methyl sites for hydroxylation is 1. The molecule has 0 bridgehead atoms. The molecule has 22 heavy (non-hydrogen) atoms. The van der Waals surface area contributed by atoms with Gasteiger partial charge in [-0.2, -0.15) is 0 Å². The average molecular weight is 328 g/mol. The summed E-state index contributed by atoms with van der Waals surface area (Å²) in [5.41, 5.74) is 0.520. The lowest BCUT2D eigenvalue weighted by atomic mass is 10.2. The van der Waals surface area contributed by atoms with E-state index in [0.717, 1.165) is 12.8 Å². The summed E-state index contributed by atoms with van der Waals surface area (Å²) < 4.78 is 32.0. The molecule has 1 rings (SSSR count). The number of benzene rings is 1. The Morgan fingerprint density at radius 2 is 2.00 bits per heavy atom. The molecule has 2 N–H and O–H groups in total. The largest absolute Gasteiger partial charge is 0.491 e. The molecule has 0 radical (unpaired) electrons. The van der Waals surface area contributed by atoms with Crippen LogP contribution in [0.3, 0.4) is 0 Å². The second-order valence-corrected chi connectivity index (χ2v) is 6.96. The van der Waals surface area contributed by atoms with Gasteiger partial charge in [-0.3, -0.25) is 0 Å². The van der Waals surface area contributed by atoms with Gasteiger partial charge >= 0.3 is 6.03 Å². The van der Waals surface area contributed by atoms with Crippen molar-refractivity contribution >= 4 is 16.1 Å². The van der Waals surface area contributed by atoms with Crippen molar-refractivity contribution in [1.82, 2.24) is 10.0 Å². The van der Waals surface area contributed by atoms with E-state index in [0.29, 0.717) is 17.9 Å². The van der Waals surface area contributed by atoms with Crippen LogP contribution in [0.4, 0.5) is 4.79 Å². The van der Waals surface area contributed by atoms with Gasteiger partial charge in [0.05, 0.1) is 11.0 Å². The smallest absolute Gasteiger partial charge is 0.328 e. The van der Waals surface area contributed by atoms with Crippen molar-refractivity contribution in [3.63, 3.8) is 0 Å². The lowest BCUT2D eigenvalue weighted by Crippen LogP contribution is -2.39. The number of carbonyl (C=O) groups excluding carboxylic acids is 1. The van der Waals surface area contributed by atoms with Crippen molar-refractivity contribution in [1.29, 1.82) is 0 Å². The van der Waals surface area contributed by atoms with E-state index in [1.807, 2.05) is 25.5 Å². The molecule has 0 aliphatic carbocycles. The van der Waals surface area contributed by atoms with E-state index in [1.54, 1.807) is 19.1 Å². The van der Waals surface area contributed by atoms with Crippen molar-refractivity contribution < 1.29 is 17.9 Å². The standard InChI is InChI=1S/C15H24N2O4S/c1-5-6-9-16-15(18)17-22(19,20)14-8-7-13(10-12(14)4)21-11(2)3/h7-8,10-11H,5-6,9H2,1-4H3,(H2,16,17,18). The zero-order valence-corrected chi connectivity index (χ0v) is 14.3. The molecule has 0 fully saturated rings. The molecule has 0 aliphatic heterocycles. The highest BCUT2D eigenvalue weighted by molar-refractivity contribution is 7.90. The van der Waals surface area contributed by atoms with E-state index in [1.165, 1.54) is 6.07 Å². The first kappa shape index (κ1) is 18.3. The molecular weight excluding hydrogens is 304 g/mol. The first-order valence-electron chi connectivity index (χ1n) is 7.34. The molecule has 0 unspecified atom stereocenters. The molecule has 0 atom stereocenters. The third-order valence-corrected chi connectivity index (χ3v) is 4.34. The molecule has 1 aromatic rings. The van der Waals surface area contributed by atoms with Crippen LogP contribution in [0.5, 0.6) is 5.75 Å². The first-order chi connectivity index (χ1) is 10.3. The summed E-state index contributed by atoms with van der Waals surface area (Å²) in [6, 6.07) is 3.95. The van der Waals surface area contributed by atoms with Crippen molar-refractivity contribution in [3.8, 4) is 5.75 Å². The Morgan fingerprint density at radius 3 is 2.55 bits per heavy atom. The lowest BCUT2D eigenvalue weighted by molar-refractivity contribution is 0.242. The number of urea groups is 1. The van der Waals surface area contributed by atoms with Crippen LogP contribution >= 0.6 is 0 Å². The van der Waals surface area contributed by atoms with Gasteiger partial charge in [0.1, 0.15) is 5.75 Å². The van der Waals surface area contributed by atoms with Crippen LogP contribution in [0.25, 0.3) is 0 Å². The van der Waals surface area contributed by atoms with E-state index in [4.69, 9.17) is 4.74 Å². The van der Waals surface area contributed by atoms with Gasteiger partial charge < -0.3 is 10.1 Å². The van der Waals surface area contributed by atoms with Gasteiger partial charge in [0, 0.05) is 6.54 Å². The molecule has 0 heterocycles. The van der Waals surface area contributed by atoms with Gasteiger partial charge in [-0.1, -0.05) is 13.3 Å². The maximum Gasteiger partial charge on any atom is 0.328 e. The molecule has 1 aromatic carbocycles. The fourth-order valence-corrected chi connectivity index (χ4v) is 3.02. The highest BCUT2D eigenvalue weighted by Crippen LogP contribution is 2.21. The van der Waals surface area contributed by atoms with Gasteiger partial charge in [-0.15, -0.1) is 0 Å². The molecular formula is C15H24N2O4S. The van der Waals surface area contributed by atoms with Crippen LogP contribution in [-0.2, 0) is 10.0 Å². The molecule has 0 saturated heterocycles. The first-order valence-corrected chi connectivity index (χ1v) is 8.82. The number of unbranched alkanes of at least 4 members (excludes halogenated alkanes) is 1. The summed E-state index contributed by atoms with van der Waals surface area (Å²) in [5, 5.41) is 2.51. The number of amides is 2. The van der Waals surface area contributed by atoms with E-state index in [-0.39, 0.29) is 11.0 Å². The average Bonchev–Trinajstić information content (AvgIpc) is 2.37. The third-order valence-electron chi connectivity index (χ3n) is 2.85. The zero-order chi connectivity index (χ0) is 16.8. The van der Waals surface area contributed by atoms with Gasteiger partial charge in [-0.25, -0.2) is 17.9 Å². The lowest BCUT2D eigenvalue weighted by Gasteiger charge is -2.13. The second-order valence-electron chi connectivity index (χ2n) is 5.31. The van der Waals surface area contributed by atoms with Crippen LogP contribution in [0.15, 0.2) is 23.1 Å². The minimum atomic E-state index is -3.89. The van der Waals surface area contributed by atoms with Crippen molar-refractivity contribution in [2.45, 2.75) is 51.5 Å². The molecule has 0 saturated carbocycles. The summed E-state index contributed by atoms with van der Waals surface area (Å²) in [5.74, 6) is 0.596. The number of rotatable bonds is 7. The quantitative estimate of drug-likeness (QED) is 0.753. The Labute approximate surface area is 132 Å². The molecule has 2 amide bonds. The van der Waals surface area contributed by atoms with Gasteiger partial charge in [0.25, 0.3) is 10.0 Å². The summed E-state index contributed by atoms with van der Waals surface area (Å²) in [7, 11) is -3.89. The zero-order valence-electron chi connectivity index (χ0n) is 13.5. The van der Waals surface area contributed by atoms with Crippen LogP contribution < -0.4 is 14.8 Å². The van der Waals surface area contributed by atoms with E-state index < -0.39 is 16.1 Å². The van der Waals surface area contributed by atoms with E-state index >= 15 is 0 Å². The fraction of sp³-hybridized carbons (Fsp3) is 0.533. The van der Waals surface area contributed by atoms with Crippen LogP contribution in [0.2, 0.25) is 0 Å². The van der Waals surface area contributed by atoms with Crippen LogP contribution in [0, 0.1) is 6.92 Å². The van der Waals surface area contributed by atoms with E-state index in [9.17, 15) is 13.2 Å². The van der Waals surface area contributed by atoms with Crippen molar-refractivity contribution in [2.24, 2.45) is 0 Å². The number of nitrogens with one attached hydrogen (secondary N) is 2. The number of ether oxygens (including phenoxy) is 1. The Morgan fingerprint density at radius 1 is 1.32 bits per heavy atom. The SMILES string of the molecule is CCCCNC(=O)NS(=O)(=O)c1ccc(OC(C)C)cc1C. The molecule has 0 spiro atoms. The number of hydrogen-bond donors (Lipinski definition) is 2. The fourth-order valence-electron chi connectivity index (χ4n) is 1.86. The van der Waals surface area contributed by atoms with Gasteiger partial charge in [-0.05, 0) is 51.0 Å². The monoisotopic (exact) mass is 328 g/mol. The highest BCUT2D eigenvalue weighted by atomic mass is 32.2. The Bertz CT molecular complexity index is 612. The summed E-state index contributed by atoms with van der Waals surface area (Å²) in [6.45, 7) is 7.87.